The molecule has 0 aromatic heterocycles. The fraction of sp³-hybridized carbons (Fsp3) is 0.938. The standard InChI is InChI=1S/C16H31N3O2/c1-14(21)19-8-5-16(6-9-19)17(2)12-15-4-3-7-18(13-15)10-11-20/h15-16,20H,3-13H2,1-2H3/t15-/m0/s1. The first kappa shape index (κ1) is 16.7. The van der Waals surface area contributed by atoms with Gasteiger partial charge in [-0.1, -0.05) is 0 Å². The van der Waals surface area contributed by atoms with Gasteiger partial charge in [-0.2, -0.15) is 0 Å². The van der Waals surface area contributed by atoms with Crippen molar-refractivity contribution in [2.75, 3.05) is 52.9 Å². The third-order valence-electron chi connectivity index (χ3n) is 5.10. The quantitative estimate of drug-likeness (QED) is 0.809. The van der Waals surface area contributed by atoms with Crippen LogP contribution in [0.25, 0.3) is 0 Å². The van der Waals surface area contributed by atoms with Gasteiger partial charge in [0, 0.05) is 45.7 Å². The summed E-state index contributed by atoms with van der Waals surface area (Å²) in [6, 6.07) is 0.619. The molecule has 0 aliphatic carbocycles. The Bertz CT molecular complexity index is 327. The van der Waals surface area contributed by atoms with Gasteiger partial charge in [0.1, 0.15) is 0 Å². The molecule has 2 aliphatic heterocycles. The summed E-state index contributed by atoms with van der Waals surface area (Å²) in [6.45, 7) is 7.98. The second kappa shape index (κ2) is 8.11. The Kier molecular flexibility index (Phi) is 6.45. The smallest absolute Gasteiger partial charge is 0.219 e. The van der Waals surface area contributed by atoms with Crippen molar-refractivity contribution in [2.45, 2.75) is 38.6 Å². The van der Waals surface area contributed by atoms with Crippen molar-refractivity contribution < 1.29 is 9.90 Å². The lowest BCUT2D eigenvalue weighted by Crippen LogP contribution is -2.48. The van der Waals surface area contributed by atoms with Gasteiger partial charge in [-0.3, -0.25) is 4.79 Å². The number of rotatable bonds is 5. The van der Waals surface area contributed by atoms with Gasteiger partial charge in [0.25, 0.3) is 0 Å². The first-order valence-corrected chi connectivity index (χ1v) is 8.39. The summed E-state index contributed by atoms with van der Waals surface area (Å²) in [5.41, 5.74) is 0. The van der Waals surface area contributed by atoms with E-state index in [1.54, 1.807) is 6.92 Å². The molecule has 2 saturated heterocycles. The number of aliphatic hydroxyl groups is 1. The molecule has 5 heteroatoms. The zero-order valence-corrected chi connectivity index (χ0v) is 13.6. The molecule has 122 valence electrons. The van der Waals surface area contributed by atoms with Gasteiger partial charge in [-0.15, -0.1) is 0 Å². The summed E-state index contributed by atoms with van der Waals surface area (Å²) in [5.74, 6) is 0.934. The minimum atomic E-state index is 0.211. The number of hydrogen-bond acceptors (Lipinski definition) is 4. The predicted molar refractivity (Wildman–Crippen MR) is 84.2 cm³/mol. The van der Waals surface area contributed by atoms with Crippen molar-refractivity contribution in [1.82, 2.24) is 14.7 Å². The van der Waals surface area contributed by atoms with Crippen LogP contribution in [0.4, 0.5) is 0 Å². The highest BCUT2D eigenvalue weighted by atomic mass is 16.3. The van der Waals surface area contributed by atoms with Crippen LogP contribution in [0.3, 0.4) is 0 Å². The molecular weight excluding hydrogens is 266 g/mol. The van der Waals surface area contributed by atoms with Crippen molar-refractivity contribution in [2.24, 2.45) is 5.92 Å². The predicted octanol–water partition coefficient (Wildman–Crippen LogP) is 0.633. The maximum absolute atomic E-state index is 11.4. The Balaban J connectivity index is 1.74. The Morgan fingerprint density at radius 3 is 2.57 bits per heavy atom. The van der Waals surface area contributed by atoms with Gasteiger partial charge in [0.15, 0.2) is 0 Å². The van der Waals surface area contributed by atoms with Crippen LogP contribution >= 0.6 is 0 Å². The van der Waals surface area contributed by atoms with Gasteiger partial charge in [-0.05, 0) is 45.2 Å². The van der Waals surface area contributed by atoms with Crippen molar-refractivity contribution >= 4 is 5.91 Å². The number of carbonyl (C=O) groups excluding carboxylic acids is 1. The lowest BCUT2D eigenvalue weighted by molar-refractivity contribution is -0.130. The molecule has 2 aliphatic rings. The first-order valence-electron chi connectivity index (χ1n) is 8.39. The Morgan fingerprint density at radius 1 is 1.24 bits per heavy atom. The van der Waals surface area contributed by atoms with Crippen LogP contribution in [-0.2, 0) is 4.79 Å². The summed E-state index contributed by atoms with van der Waals surface area (Å²) in [5, 5.41) is 9.08. The summed E-state index contributed by atoms with van der Waals surface area (Å²) in [6.07, 6.45) is 4.76. The topological polar surface area (TPSA) is 47.0 Å². The molecule has 1 amide bonds. The number of nitrogens with zero attached hydrogens (tertiary/aromatic N) is 3. The van der Waals surface area contributed by atoms with Crippen LogP contribution in [0.5, 0.6) is 0 Å². The number of likely N-dealkylation sites (tertiary alicyclic amines) is 2. The van der Waals surface area contributed by atoms with E-state index in [0.717, 1.165) is 58.0 Å². The molecule has 0 bridgehead atoms. The van der Waals surface area contributed by atoms with E-state index in [4.69, 9.17) is 5.11 Å². The molecule has 0 spiro atoms. The van der Waals surface area contributed by atoms with E-state index >= 15 is 0 Å². The largest absolute Gasteiger partial charge is 0.395 e. The number of amides is 1. The summed E-state index contributed by atoms with van der Waals surface area (Å²) in [4.78, 5) is 18.2. The Labute approximate surface area is 128 Å². The third-order valence-corrected chi connectivity index (χ3v) is 5.10. The molecular formula is C16H31N3O2. The summed E-state index contributed by atoms with van der Waals surface area (Å²) < 4.78 is 0. The van der Waals surface area contributed by atoms with Crippen LogP contribution in [0.15, 0.2) is 0 Å². The normalized spacial score (nSPS) is 25.5. The van der Waals surface area contributed by atoms with Crippen LogP contribution in [0.1, 0.15) is 32.6 Å². The van der Waals surface area contributed by atoms with E-state index in [-0.39, 0.29) is 12.5 Å². The molecule has 0 aromatic rings. The van der Waals surface area contributed by atoms with E-state index in [0.29, 0.717) is 6.04 Å². The van der Waals surface area contributed by atoms with Gasteiger partial charge in [0.05, 0.1) is 6.61 Å². The molecule has 21 heavy (non-hydrogen) atoms. The second-order valence-electron chi connectivity index (χ2n) is 6.71. The molecule has 2 fully saturated rings. The monoisotopic (exact) mass is 297 g/mol. The van der Waals surface area contributed by atoms with Crippen molar-refractivity contribution in [1.29, 1.82) is 0 Å². The summed E-state index contributed by atoms with van der Waals surface area (Å²) >= 11 is 0. The molecule has 2 rings (SSSR count). The summed E-state index contributed by atoms with van der Waals surface area (Å²) in [7, 11) is 2.24. The van der Waals surface area contributed by atoms with Crippen LogP contribution < -0.4 is 0 Å². The average molecular weight is 297 g/mol. The molecule has 0 aromatic carbocycles. The number of β-amino-alcohol motifs (C(OH)–C–C–N with tert-alkyl or cyclic N) is 1. The van der Waals surface area contributed by atoms with Crippen molar-refractivity contribution in [3.63, 3.8) is 0 Å². The number of carbonyl (C=O) groups is 1. The van der Waals surface area contributed by atoms with Crippen molar-refractivity contribution in [3.05, 3.63) is 0 Å². The molecule has 0 radical (unpaired) electrons. The lowest BCUT2D eigenvalue weighted by Gasteiger charge is -2.40. The zero-order valence-electron chi connectivity index (χ0n) is 13.6. The van der Waals surface area contributed by atoms with Crippen LogP contribution in [-0.4, -0.2) is 84.7 Å². The fourth-order valence-corrected chi connectivity index (χ4v) is 3.82. The Hall–Kier alpha value is -0.650. The van der Waals surface area contributed by atoms with E-state index in [9.17, 15) is 4.79 Å². The van der Waals surface area contributed by atoms with E-state index < -0.39 is 0 Å². The first-order chi connectivity index (χ1) is 10.1. The number of hydrogen-bond donors (Lipinski definition) is 1. The molecule has 2 heterocycles. The van der Waals surface area contributed by atoms with E-state index in [2.05, 4.69) is 16.8 Å². The minimum Gasteiger partial charge on any atom is -0.395 e. The van der Waals surface area contributed by atoms with Gasteiger partial charge >= 0.3 is 0 Å². The third kappa shape index (κ3) is 4.94. The molecule has 1 N–H and O–H groups in total. The van der Waals surface area contributed by atoms with Crippen molar-refractivity contribution in [3.8, 4) is 0 Å². The maximum Gasteiger partial charge on any atom is 0.219 e. The van der Waals surface area contributed by atoms with Gasteiger partial charge in [0.2, 0.25) is 5.91 Å². The molecule has 1 atom stereocenters. The minimum absolute atomic E-state index is 0.211. The highest BCUT2D eigenvalue weighted by Gasteiger charge is 2.26. The lowest BCUT2D eigenvalue weighted by atomic mass is 9.95. The van der Waals surface area contributed by atoms with Crippen LogP contribution in [0, 0.1) is 5.92 Å². The highest BCUT2D eigenvalue weighted by Crippen LogP contribution is 2.21. The zero-order chi connectivity index (χ0) is 15.2. The van der Waals surface area contributed by atoms with E-state index in [1.165, 1.54) is 12.8 Å². The molecule has 5 nitrogen and oxygen atoms in total. The Morgan fingerprint density at radius 2 is 1.95 bits per heavy atom. The number of piperidine rings is 2. The molecule has 0 unspecified atom stereocenters. The maximum atomic E-state index is 11.4. The SMILES string of the molecule is CC(=O)N1CCC(N(C)C[C@@H]2CCCN(CCO)C2)CC1. The van der Waals surface area contributed by atoms with Gasteiger partial charge < -0.3 is 19.8 Å². The van der Waals surface area contributed by atoms with Gasteiger partial charge in [-0.25, -0.2) is 0 Å². The molecule has 0 saturated carbocycles. The second-order valence-corrected chi connectivity index (χ2v) is 6.71. The fourth-order valence-electron chi connectivity index (χ4n) is 3.82. The van der Waals surface area contributed by atoms with E-state index in [1.807, 2.05) is 4.90 Å². The number of aliphatic hydroxyl groups excluding tert-OH is 1. The van der Waals surface area contributed by atoms with Crippen LogP contribution in [0.2, 0.25) is 0 Å². The highest BCUT2D eigenvalue weighted by molar-refractivity contribution is 5.73. The average Bonchev–Trinajstić information content (AvgIpc) is 2.48.